The molecular formula is C16H48N2. The van der Waals surface area contributed by atoms with E-state index < -0.39 is 0 Å². The minimum absolute atomic E-state index is 0. The van der Waals surface area contributed by atoms with Crippen molar-refractivity contribution in [3.8, 4) is 0 Å². The standard InChI is InChI=1S/2C4H10.C3H9N.C2H6.CH5N.2CH4/c2*1-4(2)3;1-3(2)4;2*1-2;;/h2*4H,1-3H3;3H,4H2,1-2H3;1-2H3;2H2,1H3;2*1H4. The molecule has 2 nitrogen and oxygen atoms in total. The Morgan fingerprint density at radius 3 is 0.556 bits per heavy atom. The van der Waals surface area contributed by atoms with Crippen molar-refractivity contribution in [2.75, 3.05) is 7.05 Å². The Kier molecular flexibility index (Phi) is 129. The second-order valence-electron chi connectivity index (χ2n) is 4.71. The summed E-state index contributed by atoms with van der Waals surface area (Å²) in [5.74, 6) is 1.67. The van der Waals surface area contributed by atoms with E-state index in [2.05, 4.69) is 47.3 Å². The highest BCUT2D eigenvalue weighted by Crippen LogP contribution is 1.81. The van der Waals surface area contributed by atoms with Crippen molar-refractivity contribution in [2.45, 2.75) is 90.1 Å². The molecule has 0 aliphatic rings. The molecule has 0 aromatic carbocycles. The summed E-state index contributed by atoms with van der Waals surface area (Å²) in [5.41, 5.74) is 9.61. The van der Waals surface area contributed by atoms with Gasteiger partial charge in [-0.15, -0.1) is 0 Å². The first kappa shape index (κ1) is 43.0. The van der Waals surface area contributed by atoms with Crippen LogP contribution in [0.3, 0.4) is 0 Å². The summed E-state index contributed by atoms with van der Waals surface area (Å²) in [5, 5.41) is 0. The highest BCUT2D eigenvalue weighted by atomic mass is 14.6. The average molecular weight is 269 g/mol. The lowest BCUT2D eigenvalue weighted by atomic mass is 10.3. The first-order chi connectivity index (χ1) is 7.20. The van der Waals surface area contributed by atoms with Crippen LogP contribution in [0, 0.1) is 11.8 Å². The molecular weight excluding hydrogens is 220 g/mol. The predicted octanol–water partition coefficient (Wildman–Crippen LogP) is 5.55. The van der Waals surface area contributed by atoms with Crippen molar-refractivity contribution in [3.05, 3.63) is 0 Å². The van der Waals surface area contributed by atoms with Crippen molar-refractivity contribution >= 4 is 0 Å². The summed E-state index contributed by atoms with van der Waals surface area (Å²) >= 11 is 0. The van der Waals surface area contributed by atoms with Gasteiger partial charge in [-0.2, -0.15) is 0 Å². The van der Waals surface area contributed by atoms with Gasteiger partial charge in [0, 0.05) is 0 Å². The van der Waals surface area contributed by atoms with Gasteiger partial charge in [0.15, 0.2) is 0 Å². The van der Waals surface area contributed by atoms with Gasteiger partial charge in [0.2, 0.25) is 0 Å². The Morgan fingerprint density at radius 2 is 0.556 bits per heavy atom. The molecule has 0 aromatic rings. The molecule has 0 rings (SSSR count). The van der Waals surface area contributed by atoms with E-state index in [-0.39, 0.29) is 14.9 Å². The van der Waals surface area contributed by atoms with Gasteiger partial charge < -0.3 is 11.5 Å². The van der Waals surface area contributed by atoms with Gasteiger partial charge in [0.05, 0.1) is 0 Å². The van der Waals surface area contributed by atoms with Crippen LogP contribution in [-0.4, -0.2) is 13.1 Å². The lowest BCUT2D eigenvalue weighted by Gasteiger charge is -1.81. The fraction of sp³-hybridized carbons (Fsp3) is 1.00. The minimum atomic E-state index is 0. The van der Waals surface area contributed by atoms with E-state index in [1.54, 1.807) is 0 Å². The highest BCUT2D eigenvalue weighted by Gasteiger charge is 1.68. The van der Waals surface area contributed by atoms with Crippen LogP contribution < -0.4 is 11.5 Å². The quantitative estimate of drug-likeness (QED) is 0.605. The van der Waals surface area contributed by atoms with Crippen LogP contribution in [-0.2, 0) is 0 Å². The van der Waals surface area contributed by atoms with Gasteiger partial charge in [0.1, 0.15) is 0 Å². The molecule has 0 aliphatic carbocycles. The SMILES string of the molecule is C.C.CC.CC(C)C.CC(C)C.CC(C)N.CN. The smallest absolute Gasteiger partial charge is 0.00179 e. The molecule has 0 saturated heterocycles. The van der Waals surface area contributed by atoms with Crippen LogP contribution in [0.4, 0.5) is 0 Å². The number of rotatable bonds is 0. The predicted molar refractivity (Wildman–Crippen MR) is 95.3 cm³/mol. The summed E-state index contributed by atoms with van der Waals surface area (Å²) in [6.45, 7) is 20.9. The van der Waals surface area contributed by atoms with Gasteiger partial charge >= 0.3 is 0 Å². The number of hydrogen-bond donors (Lipinski definition) is 2. The Hall–Kier alpha value is -0.0800. The molecule has 0 bridgehead atoms. The Labute approximate surface area is 121 Å². The molecule has 4 N–H and O–H groups in total. The van der Waals surface area contributed by atoms with Crippen LogP contribution in [0.1, 0.15) is 84.1 Å². The summed E-state index contributed by atoms with van der Waals surface area (Å²) in [4.78, 5) is 0. The number of hydrogen-bond acceptors (Lipinski definition) is 2. The molecule has 0 atom stereocenters. The van der Waals surface area contributed by atoms with Crippen molar-refractivity contribution in [1.82, 2.24) is 0 Å². The molecule has 0 spiro atoms. The Morgan fingerprint density at radius 1 is 0.556 bits per heavy atom. The van der Waals surface area contributed by atoms with Gasteiger partial charge in [-0.05, 0) is 24.9 Å². The minimum Gasteiger partial charge on any atom is -0.333 e. The van der Waals surface area contributed by atoms with E-state index in [9.17, 15) is 0 Å². The molecule has 0 unspecified atom stereocenters. The maximum Gasteiger partial charge on any atom is -0.00179 e. The van der Waals surface area contributed by atoms with Crippen molar-refractivity contribution in [1.29, 1.82) is 0 Å². The summed E-state index contributed by atoms with van der Waals surface area (Å²) in [7, 11) is 1.50. The van der Waals surface area contributed by atoms with E-state index in [0.29, 0.717) is 6.04 Å². The second-order valence-corrected chi connectivity index (χ2v) is 4.71. The molecule has 0 saturated carbocycles. The van der Waals surface area contributed by atoms with Crippen LogP contribution >= 0.6 is 0 Å². The van der Waals surface area contributed by atoms with Crippen molar-refractivity contribution in [2.24, 2.45) is 23.3 Å². The fourth-order valence-corrected chi connectivity index (χ4v) is 0. The summed E-state index contributed by atoms with van der Waals surface area (Å²) in [6.07, 6.45) is 0. The van der Waals surface area contributed by atoms with Gasteiger partial charge in [0.25, 0.3) is 0 Å². The number of nitrogens with two attached hydrogens (primary N) is 2. The first-order valence-corrected chi connectivity index (χ1v) is 6.53. The van der Waals surface area contributed by atoms with E-state index in [0.717, 1.165) is 11.8 Å². The van der Waals surface area contributed by atoms with Gasteiger partial charge in [-0.3, -0.25) is 0 Å². The van der Waals surface area contributed by atoms with Gasteiger partial charge in [-0.25, -0.2) is 0 Å². The third-order valence-electron chi connectivity index (χ3n) is 0. The average Bonchev–Trinajstić information content (AvgIpc) is 2.07. The van der Waals surface area contributed by atoms with Crippen molar-refractivity contribution < 1.29 is 0 Å². The zero-order valence-corrected chi connectivity index (χ0v) is 13.9. The maximum atomic E-state index is 5.11. The van der Waals surface area contributed by atoms with E-state index in [1.165, 1.54) is 7.05 Å². The van der Waals surface area contributed by atoms with Crippen molar-refractivity contribution in [3.63, 3.8) is 0 Å². The second kappa shape index (κ2) is 53.9. The molecule has 122 valence electrons. The highest BCUT2D eigenvalue weighted by molar-refractivity contribution is 4.32. The third kappa shape index (κ3) is 554000. The normalized spacial score (nSPS) is 6.67. The lowest BCUT2D eigenvalue weighted by Crippen LogP contribution is -2.06. The Balaban J connectivity index is -0.0000000169. The first-order valence-electron chi connectivity index (χ1n) is 6.53. The molecule has 2 heteroatoms. The summed E-state index contributed by atoms with van der Waals surface area (Å²) in [6, 6.07) is 0.333. The molecule has 0 radical (unpaired) electrons. The fourth-order valence-electron chi connectivity index (χ4n) is 0. The molecule has 18 heavy (non-hydrogen) atoms. The van der Waals surface area contributed by atoms with E-state index in [4.69, 9.17) is 5.73 Å². The topological polar surface area (TPSA) is 52.0 Å². The van der Waals surface area contributed by atoms with Crippen LogP contribution in [0.15, 0.2) is 0 Å². The zero-order chi connectivity index (χ0) is 14.7. The van der Waals surface area contributed by atoms with Crippen LogP contribution in [0.25, 0.3) is 0 Å². The molecule has 0 aliphatic heterocycles. The molecule has 0 aromatic heterocycles. The molecule has 0 heterocycles. The van der Waals surface area contributed by atoms with Crippen LogP contribution in [0.5, 0.6) is 0 Å². The summed E-state index contributed by atoms with van der Waals surface area (Å²) < 4.78 is 0. The molecule has 0 fully saturated rings. The maximum absolute atomic E-state index is 5.11. The third-order valence-corrected chi connectivity index (χ3v) is 0. The Bertz CT molecular complexity index is 37.6. The monoisotopic (exact) mass is 268 g/mol. The van der Waals surface area contributed by atoms with E-state index >= 15 is 0 Å². The zero-order valence-electron chi connectivity index (χ0n) is 13.9. The lowest BCUT2D eigenvalue weighted by molar-refractivity contribution is 0.736. The van der Waals surface area contributed by atoms with Gasteiger partial charge in [-0.1, -0.05) is 84.1 Å². The largest absolute Gasteiger partial charge is 0.333 e. The van der Waals surface area contributed by atoms with Crippen LogP contribution in [0.2, 0.25) is 0 Å². The van der Waals surface area contributed by atoms with E-state index in [1.807, 2.05) is 27.7 Å². The molecule has 0 amide bonds.